The molecular weight excluding hydrogens is 717 g/mol. The maximum atomic E-state index is 6.22. The maximum absolute atomic E-state index is 6.22. The SMILES string of the molecule is c1ccc(-c2ccccc2-c2cccc(-c3nc(-c4ccc5oc6ccccc6c5c4)nc(-n4c5ccccc5c5ccc6c7ccccc7sc6c54)n3)c2)cc1. The highest BCUT2D eigenvalue weighted by Gasteiger charge is 2.22. The van der Waals surface area contributed by atoms with Gasteiger partial charge in [0.25, 0.3) is 0 Å². The van der Waals surface area contributed by atoms with Crippen molar-refractivity contribution >= 4 is 75.3 Å². The topological polar surface area (TPSA) is 56.7 Å². The zero-order chi connectivity index (χ0) is 37.5. The third kappa shape index (κ3) is 5.04. The lowest BCUT2D eigenvalue weighted by Crippen LogP contribution is -2.06. The first-order valence-electron chi connectivity index (χ1n) is 19.0. The van der Waals surface area contributed by atoms with E-state index < -0.39 is 0 Å². The number of hydrogen-bond acceptors (Lipinski definition) is 5. The van der Waals surface area contributed by atoms with Crippen LogP contribution in [0, 0.1) is 0 Å². The summed E-state index contributed by atoms with van der Waals surface area (Å²) < 4.78 is 10.9. The molecule has 4 heterocycles. The summed E-state index contributed by atoms with van der Waals surface area (Å²) in [6.45, 7) is 0. The zero-order valence-corrected chi connectivity index (χ0v) is 31.2. The van der Waals surface area contributed by atoms with Crippen LogP contribution in [-0.2, 0) is 0 Å². The normalized spacial score (nSPS) is 11.9. The smallest absolute Gasteiger partial charge is 0.238 e. The first-order chi connectivity index (χ1) is 28.2. The van der Waals surface area contributed by atoms with Gasteiger partial charge in [0.05, 0.1) is 15.7 Å². The summed E-state index contributed by atoms with van der Waals surface area (Å²) in [7, 11) is 0. The minimum Gasteiger partial charge on any atom is -0.456 e. The van der Waals surface area contributed by atoms with Gasteiger partial charge in [-0.25, -0.2) is 4.98 Å². The molecule has 6 heteroatoms. The minimum absolute atomic E-state index is 0.568. The summed E-state index contributed by atoms with van der Waals surface area (Å²) in [5.41, 5.74) is 10.2. The van der Waals surface area contributed by atoms with Gasteiger partial charge < -0.3 is 4.42 Å². The van der Waals surface area contributed by atoms with E-state index >= 15 is 0 Å². The van der Waals surface area contributed by atoms with Gasteiger partial charge in [-0.3, -0.25) is 4.57 Å². The third-order valence-electron chi connectivity index (χ3n) is 11.1. The molecule has 4 aromatic heterocycles. The Kier molecular flexibility index (Phi) is 7.03. The molecule has 0 radical (unpaired) electrons. The summed E-state index contributed by atoms with van der Waals surface area (Å²) in [5.74, 6) is 1.76. The lowest BCUT2D eigenvalue weighted by atomic mass is 9.94. The number of hydrogen-bond donors (Lipinski definition) is 0. The van der Waals surface area contributed by atoms with Crippen molar-refractivity contribution in [1.29, 1.82) is 0 Å². The Balaban J connectivity index is 1.13. The summed E-state index contributed by atoms with van der Waals surface area (Å²) in [5, 5.41) is 6.88. The number of benzene rings is 8. The number of rotatable bonds is 5. The van der Waals surface area contributed by atoms with E-state index in [2.05, 4.69) is 162 Å². The van der Waals surface area contributed by atoms with Gasteiger partial charge in [-0.2, -0.15) is 9.97 Å². The molecule has 0 amide bonds. The molecule has 12 rings (SSSR count). The first-order valence-corrected chi connectivity index (χ1v) is 19.8. The average Bonchev–Trinajstić information content (AvgIpc) is 3.96. The summed E-state index contributed by atoms with van der Waals surface area (Å²) in [4.78, 5) is 16.0. The van der Waals surface area contributed by atoms with Crippen LogP contribution in [0.5, 0.6) is 0 Å². The van der Waals surface area contributed by atoms with Crippen LogP contribution in [0.15, 0.2) is 186 Å². The second-order valence-corrected chi connectivity index (χ2v) is 15.4. The van der Waals surface area contributed by atoms with Crippen molar-refractivity contribution in [3.63, 3.8) is 0 Å². The quantitative estimate of drug-likeness (QED) is 0.176. The zero-order valence-electron chi connectivity index (χ0n) is 30.4. The predicted octanol–water partition coefficient (Wildman–Crippen LogP) is 13.9. The van der Waals surface area contributed by atoms with Crippen molar-refractivity contribution in [3.8, 4) is 51.0 Å². The highest BCUT2D eigenvalue weighted by Crippen LogP contribution is 2.43. The molecule has 0 unspecified atom stereocenters. The molecule has 0 aliphatic rings. The Morgan fingerprint density at radius 1 is 0.404 bits per heavy atom. The van der Waals surface area contributed by atoms with Gasteiger partial charge in [-0.1, -0.05) is 140 Å². The molecule has 0 saturated carbocycles. The summed E-state index contributed by atoms with van der Waals surface area (Å²) >= 11 is 1.82. The molecule has 57 heavy (non-hydrogen) atoms. The van der Waals surface area contributed by atoms with Crippen LogP contribution >= 0.6 is 11.3 Å². The molecule has 0 fully saturated rings. The van der Waals surface area contributed by atoms with Crippen molar-refractivity contribution in [2.24, 2.45) is 0 Å². The minimum atomic E-state index is 0.568. The maximum Gasteiger partial charge on any atom is 0.238 e. The Hall–Kier alpha value is -7.41. The summed E-state index contributed by atoms with van der Waals surface area (Å²) in [6, 6.07) is 63.8. The van der Waals surface area contributed by atoms with Crippen LogP contribution in [0.4, 0.5) is 0 Å². The van der Waals surface area contributed by atoms with E-state index in [0.29, 0.717) is 17.6 Å². The second-order valence-electron chi connectivity index (χ2n) is 14.4. The van der Waals surface area contributed by atoms with Crippen LogP contribution in [0.1, 0.15) is 0 Å². The molecule has 0 atom stereocenters. The van der Waals surface area contributed by atoms with Crippen LogP contribution < -0.4 is 0 Å². The van der Waals surface area contributed by atoms with Crippen LogP contribution in [0.25, 0.3) is 115 Å². The lowest BCUT2D eigenvalue weighted by molar-refractivity contribution is 0.669. The van der Waals surface area contributed by atoms with Gasteiger partial charge in [0, 0.05) is 48.1 Å². The Morgan fingerprint density at radius 2 is 1.04 bits per heavy atom. The molecule has 266 valence electrons. The predicted molar refractivity (Wildman–Crippen MR) is 236 cm³/mol. The monoisotopic (exact) mass is 746 g/mol. The number of furan rings is 1. The molecule has 0 aliphatic heterocycles. The van der Waals surface area contributed by atoms with Gasteiger partial charge in [0.15, 0.2) is 11.6 Å². The molecule has 0 saturated heterocycles. The van der Waals surface area contributed by atoms with E-state index in [-0.39, 0.29) is 0 Å². The van der Waals surface area contributed by atoms with Gasteiger partial charge in [-0.15, -0.1) is 11.3 Å². The molecule has 5 nitrogen and oxygen atoms in total. The van der Waals surface area contributed by atoms with Crippen LogP contribution in [-0.4, -0.2) is 19.5 Å². The number of nitrogens with zero attached hydrogens (tertiary/aromatic N) is 4. The molecular formula is C51H30N4OS. The second kappa shape index (κ2) is 12.6. The van der Waals surface area contributed by atoms with Crippen molar-refractivity contribution in [1.82, 2.24) is 19.5 Å². The standard InChI is InChI=1S/C51H30N4OS/c1-2-13-31(14-3-1)35-17-4-5-18-36(35)32-15-12-16-33(29-32)49-52-50(34-25-28-45-42(30-34)38-20-7-10-23-44(38)56-45)54-51(53-49)55-43-22-9-6-19-37(43)40-26-27-41-39-21-8-11-24-46(39)57-48(41)47(40)55/h1-30H. The van der Waals surface area contributed by atoms with E-state index in [1.54, 1.807) is 0 Å². The largest absolute Gasteiger partial charge is 0.456 e. The Labute approximate surface area is 330 Å². The fourth-order valence-electron chi connectivity index (χ4n) is 8.46. The van der Waals surface area contributed by atoms with E-state index in [4.69, 9.17) is 19.4 Å². The highest BCUT2D eigenvalue weighted by molar-refractivity contribution is 7.26. The van der Waals surface area contributed by atoms with Gasteiger partial charge in [0.2, 0.25) is 5.95 Å². The van der Waals surface area contributed by atoms with E-state index in [1.807, 2.05) is 35.6 Å². The van der Waals surface area contributed by atoms with E-state index in [1.165, 1.54) is 36.7 Å². The highest BCUT2D eigenvalue weighted by atomic mass is 32.1. The molecule has 0 N–H and O–H groups in total. The Bertz CT molecular complexity index is 3540. The summed E-state index contributed by atoms with van der Waals surface area (Å²) in [6.07, 6.45) is 0. The number of aromatic nitrogens is 4. The molecule has 12 aromatic rings. The molecule has 0 aliphatic carbocycles. The van der Waals surface area contributed by atoms with Gasteiger partial charge >= 0.3 is 0 Å². The van der Waals surface area contributed by atoms with Crippen molar-refractivity contribution in [3.05, 3.63) is 182 Å². The number of fused-ring (bicyclic) bond motifs is 10. The van der Waals surface area contributed by atoms with Crippen LogP contribution in [0.3, 0.4) is 0 Å². The van der Waals surface area contributed by atoms with Crippen molar-refractivity contribution in [2.45, 2.75) is 0 Å². The number of thiophene rings is 1. The van der Waals surface area contributed by atoms with E-state index in [9.17, 15) is 0 Å². The van der Waals surface area contributed by atoms with Crippen LogP contribution in [0.2, 0.25) is 0 Å². The molecule has 0 bridgehead atoms. The van der Waals surface area contributed by atoms with E-state index in [0.717, 1.165) is 60.6 Å². The average molecular weight is 747 g/mol. The third-order valence-corrected chi connectivity index (χ3v) is 12.3. The lowest BCUT2D eigenvalue weighted by Gasteiger charge is -2.13. The fraction of sp³-hybridized carbons (Fsp3) is 0. The number of para-hydroxylation sites is 2. The fourth-order valence-corrected chi connectivity index (χ4v) is 9.70. The van der Waals surface area contributed by atoms with Gasteiger partial charge in [0.1, 0.15) is 11.2 Å². The van der Waals surface area contributed by atoms with Gasteiger partial charge in [-0.05, 0) is 64.7 Å². The van der Waals surface area contributed by atoms with Crippen molar-refractivity contribution in [2.75, 3.05) is 0 Å². The molecule has 0 spiro atoms. The van der Waals surface area contributed by atoms with Crippen molar-refractivity contribution < 1.29 is 4.42 Å². The molecule has 8 aromatic carbocycles. The first kappa shape index (κ1) is 31.9. The Morgan fingerprint density at radius 3 is 1.89 bits per heavy atom.